The molecule has 0 bridgehead atoms. The van der Waals surface area contributed by atoms with E-state index >= 15 is 0 Å². The number of hydrogen-bond donors (Lipinski definition) is 1. The van der Waals surface area contributed by atoms with Crippen LogP contribution in [-0.2, 0) is 5.54 Å². The van der Waals surface area contributed by atoms with Gasteiger partial charge in [-0.3, -0.25) is 4.79 Å². The Kier molecular flexibility index (Phi) is 3.83. The summed E-state index contributed by atoms with van der Waals surface area (Å²) in [6.07, 6.45) is 7.96. The predicted octanol–water partition coefficient (Wildman–Crippen LogP) is 6.25. The van der Waals surface area contributed by atoms with Gasteiger partial charge < -0.3 is 9.88 Å². The average molecular weight is 395 g/mol. The first kappa shape index (κ1) is 17.8. The minimum absolute atomic E-state index is 0.0428. The van der Waals surface area contributed by atoms with Crippen molar-refractivity contribution in [3.8, 4) is 0 Å². The van der Waals surface area contributed by atoms with E-state index in [0.29, 0.717) is 6.04 Å². The lowest BCUT2D eigenvalue weighted by molar-refractivity contribution is 0.0930. The van der Waals surface area contributed by atoms with Crippen LogP contribution in [0.25, 0.3) is 21.7 Å². The first-order valence-corrected chi connectivity index (χ1v) is 11.1. The van der Waals surface area contributed by atoms with E-state index in [1.54, 1.807) is 0 Å². The molecule has 1 aromatic heterocycles. The summed E-state index contributed by atoms with van der Waals surface area (Å²) in [5.41, 5.74) is 4.03. The van der Waals surface area contributed by atoms with Crippen LogP contribution in [0.2, 0.25) is 0 Å². The number of benzene rings is 3. The number of aromatic nitrogens is 1. The number of fused-ring (bicyclic) bond motifs is 2. The van der Waals surface area contributed by atoms with Gasteiger partial charge in [0.1, 0.15) is 0 Å². The van der Waals surface area contributed by atoms with Crippen molar-refractivity contribution in [2.24, 2.45) is 0 Å². The smallest absolute Gasteiger partial charge is 0.252 e. The number of hydrogen-bond acceptors (Lipinski definition) is 1. The second kappa shape index (κ2) is 6.46. The summed E-state index contributed by atoms with van der Waals surface area (Å²) in [5.74, 6) is 0.0428. The molecule has 0 aliphatic heterocycles. The van der Waals surface area contributed by atoms with Crippen LogP contribution in [0.3, 0.4) is 0 Å². The van der Waals surface area contributed by atoms with Crippen LogP contribution in [0, 0.1) is 6.92 Å². The van der Waals surface area contributed by atoms with E-state index in [9.17, 15) is 4.79 Å². The molecule has 3 aromatic carbocycles. The average Bonchev–Trinajstić information content (AvgIpc) is 3.39. The fraction of sp³-hybridized carbons (Fsp3) is 0.296. The Bertz CT molecular complexity index is 1290. The maximum absolute atomic E-state index is 13.4. The summed E-state index contributed by atoms with van der Waals surface area (Å²) in [7, 11) is 0. The minimum atomic E-state index is -0.241. The van der Waals surface area contributed by atoms with E-state index in [2.05, 4.69) is 76.7 Å². The fourth-order valence-electron chi connectivity index (χ4n) is 5.06. The SMILES string of the molecule is Cc1cc2ccn(C3CCC3)c2cc1C(=O)NC1(c2cccc3ccccc23)CC1. The van der Waals surface area contributed by atoms with E-state index in [-0.39, 0.29) is 11.4 Å². The van der Waals surface area contributed by atoms with Crippen molar-refractivity contribution in [2.45, 2.75) is 50.6 Å². The molecule has 2 aliphatic carbocycles. The number of carbonyl (C=O) groups is 1. The molecule has 2 saturated carbocycles. The molecule has 3 nitrogen and oxygen atoms in total. The zero-order valence-corrected chi connectivity index (χ0v) is 17.3. The summed E-state index contributed by atoms with van der Waals surface area (Å²) in [4.78, 5) is 13.4. The number of aryl methyl sites for hydroxylation is 1. The molecule has 1 heterocycles. The molecule has 3 heteroatoms. The van der Waals surface area contributed by atoms with E-state index in [4.69, 9.17) is 0 Å². The molecule has 0 atom stereocenters. The number of rotatable bonds is 4. The first-order chi connectivity index (χ1) is 14.6. The van der Waals surface area contributed by atoms with Gasteiger partial charge in [-0.2, -0.15) is 0 Å². The van der Waals surface area contributed by atoms with Crippen molar-refractivity contribution in [3.05, 3.63) is 83.6 Å². The fourth-order valence-corrected chi connectivity index (χ4v) is 5.06. The maximum atomic E-state index is 13.4. The van der Waals surface area contributed by atoms with Crippen LogP contribution in [-0.4, -0.2) is 10.5 Å². The third-order valence-electron chi connectivity index (χ3n) is 7.19. The summed E-state index contributed by atoms with van der Waals surface area (Å²) in [6.45, 7) is 2.05. The highest BCUT2D eigenvalue weighted by atomic mass is 16.1. The third kappa shape index (κ3) is 2.68. The summed E-state index contributed by atoms with van der Waals surface area (Å²) in [5, 5.41) is 7.11. The van der Waals surface area contributed by atoms with Crippen LogP contribution in [0.1, 0.15) is 59.6 Å². The van der Waals surface area contributed by atoms with Gasteiger partial charge in [-0.15, -0.1) is 0 Å². The molecule has 0 unspecified atom stereocenters. The molecule has 0 saturated heterocycles. The van der Waals surface area contributed by atoms with Crippen molar-refractivity contribution >= 4 is 27.6 Å². The van der Waals surface area contributed by atoms with E-state index in [1.165, 1.54) is 46.5 Å². The highest BCUT2D eigenvalue weighted by molar-refractivity contribution is 6.01. The van der Waals surface area contributed by atoms with E-state index in [1.807, 2.05) is 6.92 Å². The highest BCUT2D eigenvalue weighted by Crippen LogP contribution is 2.48. The molecule has 2 aliphatic rings. The molecular formula is C27H26N2O. The first-order valence-electron chi connectivity index (χ1n) is 11.1. The van der Waals surface area contributed by atoms with Crippen LogP contribution in [0.5, 0.6) is 0 Å². The number of nitrogens with one attached hydrogen (secondary N) is 1. The van der Waals surface area contributed by atoms with Gasteiger partial charge in [0.25, 0.3) is 5.91 Å². The van der Waals surface area contributed by atoms with Gasteiger partial charge in [0.15, 0.2) is 0 Å². The van der Waals surface area contributed by atoms with E-state index < -0.39 is 0 Å². The molecule has 6 rings (SSSR count). The highest BCUT2D eigenvalue weighted by Gasteiger charge is 2.46. The molecule has 2 fully saturated rings. The summed E-state index contributed by atoms with van der Waals surface area (Å²) >= 11 is 0. The molecule has 1 N–H and O–H groups in total. The van der Waals surface area contributed by atoms with Crippen molar-refractivity contribution in [2.75, 3.05) is 0 Å². The molecule has 30 heavy (non-hydrogen) atoms. The standard InChI is InChI=1S/C27H26N2O/c1-18-16-20-12-15-29(21-8-5-9-21)25(20)17-23(18)26(30)28-27(13-14-27)24-11-4-7-19-6-2-3-10-22(19)24/h2-4,6-7,10-12,15-17,21H,5,8-9,13-14H2,1H3,(H,28,30). The predicted molar refractivity (Wildman–Crippen MR) is 122 cm³/mol. The maximum Gasteiger partial charge on any atom is 0.252 e. The van der Waals surface area contributed by atoms with Crippen molar-refractivity contribution in [1.29, 1.82) is 0 Å². The molecule has 4 aromatic rings. The minimum Gasteiger partial charge on any atom is -0.344 e. The normalized spacial score (nSPS) is 17.8. The van der Waals surface area contributed by atoms with Crippen molar-refractivity contribution < 1.29 is 4.79 Å². The Morgan fingerprint density at radius 2 is 1.80 bits per heavy atom. The van der Waals surface area contributed by atoms with Gasteiger partial charge in [-0.25, -0.2) is 0 Å². The van der Waals surface area contributed by atoms with Gasteiger partial charge in [-0.05, 0) is 84.5 Å². The summed E-state index contributed by atoms with van der Waals surface area (Å²) in [6, 6.07) is 21.9. The Labute approximate surface area is 176 Å². The quantitative estimate of drug-likeness (QED) is 0.436. The number of amides is 1. The lowest BCUT2D eigenvalue weighted by atomic mass is 9.92. The molecular weight excluding hydrogens is 368 g/mol. The topological polar surface area (TPSA) is 34.0 Å². The van der Waals surface area contributed by atoms with Gasteiger partial charge in [-0.1, -0.05) is 42.5 Å². The van der Waals surface area contributed by atoms with E-state index in [0.717, 1.165) is 24.0 Å². The lowest BCUT2D eigenvalue weighted by Crippen LogP contribution is -2.35. The Hall–Kier alpha value is -3.07. The lowest BCUT2D eigenvalue weighted by Gasteiger charge is -2.28. The monoisotopic (exact) mass is 394 g/mol. The number of nitrogens with zero attached hydrogens (tertiary/aromatic N) is 1. The third-order valence-corrected chi connectivity index (χ3v) is 7.19. The van der Waals surface area contributed by atoms with Crippen LogP contribution >= 0.6 is 0 Å². The van der Waals surface area contributed by atoms with Crippen LogP contribution < -0.4 is 5.32 Å². The Morgan fingerprint density at radius 3 is 2.57 bits per heavy atom. The van der Waals surface area contributed by atoms with Crippen molar-refractivity contribution in [3.63, 3.8) is 0 Å². The van der Waals surface area contributed by atoms with Gasteiger partial charge in [0.05, 0.1) is 5.54 Å². The molecule has 0 spiro atoms. The van der Waals surface area contributed by atoms with Gasteiger partial charge in [0, 0.05) is 23.3 Å². The molecule has 150 valence electrons. The van der Waals surface area contributed by atoms with Gasteiger partial charge in [0.2, 0.25) is 0 Å². The summed E-state index contributed by atoms with van der Waals surface area (Å²) < 4.78 is 2.37. The van der Waals surface area contributed by atoms with Gasteiger partial charge >= 0.3 is 0 Å². The second-order valence-electron chi connectivity index (χ2n) is 9.10. The largest absolute Gasteiger partial charge is 0.344 e. The molecule has 0 radical (unpaired) electrons. The van der Waals surface area contributed by atoms with Crippen LogP contribution in [0.15, 0.2) is 66.9 Å². The number of carbonyl (C=O) groups excluding carboxylic acids is 1. The second-order valence-corrected chi connectivity index (χ2v) is 9.10. The van der Waals surface area contributed by atoms with Crippen molar-refractivity contribution in [1.82, 2.24) is 9.88 Å². The zero-order chi connectivity index (χ0) is 20.3. The molecule has 1 amide bonds. The Balaban J connectivity index is 1.37. The van der Waals surface area contributed by atoms with Crippen LogP contribution in [0.4, 0.5) is 0 Å². The zero-order valence-electron chi connectivity index (χ0n) is 17.3. The Morgan fingerprint density at radius 1 is 1.00 bits per heavy atom.